The van der Waals surface area contributed by atoms with Crippen molar-refractivity contribution in [2.24, 2.45) is 0 Å². The Morgan fingerprint density at radius 1 is 1.69 bits per heavy atom. The standard InChI is InChI=1S/C11H16N2O2S/c1-8(7-16-3)13-10-9(11(14)15-2)5-4-6-12-10/h4-6,8H,7H2,1-3H3,(H,12,13). The number of esters is 1. The summed E-state index contributed by atoms with van der Waals surface area (Å²) in [6.45, 7) is 2.05. The minimum Gasteiger partial charge on any atom is -0.465 e. The average Bonchev–Trinajstić information content (AvgIpc) is 2.29. The highest BCUT2D eigenvalue weighted by Gasteiger charge is 2.13. The van der Waals surface area contributed by atoms with Crippen LogP contribution in [0.2, 0.25) is 0 Å². The highest BCUT2D eigenvalue weighted by molar-refractivity contribution is 7.98. The third-order valence-corrected chi connectivity index (χ3v) is 2.85. The van der Waals surface area contributed by atoms with Crippen molar-refractivity contribution in [1.82, 2.24) is 4.98 Å². The van der Waals surface area contributed by atoms with Gasteiger partial charge in [0, 0.05) is 18.0 Å². The van der Waals surface area contributed by atoms with Crippen LogP contribution in [-0.4, -0.2) is 36.1 Å². The fraction of sp³-hybridized carbons (Fsp3) is 0.455. The number of pyridine rings is 1. The van der Waals surface area contributed by atoms with E-state index in [2.05, 4.69) is 10.3 Å². The minimum atomic E-state index is -0.369. The summed E-state index contributed by atoms with van der Waals surface area (Å²) in [7, 11) is 1.37. The second-order valence-corrected chi connectivity index (χ2v) is 4.30. The summed E-state index contributed by atoms with van der Waals surface area (Å²) >= 11 is 1.74. The SMILES string of the molecule is COC(=O)c1cccnc1NC(C)CSC. The largest absolute Gasteiger partial charge is 0.465 e. The molecule has 0 amide bonds. The molecule has 1 aromatic heterocycles. The number of hydrogen-bond donors (Lipinski definition) is 1. The van der Waals surface area contributed by atoms with Crippen LogP contribution in [0.1, 0.15) is 17.3 Å². The van der Waals surface area contributed by atoms with E-state index in [4.69, 9.17) is 4.74 Å². The Labute approximate surface area is 99.8 Å². The van der Waals surface area contributed by atoms with E-state index in [9.17, 15) is 4.79 Å². The van der Waals surface area contributed by atoms with Crippen LogP contribution < -0.4 is 5.32 Å². The van der Waals surface area contributed by atoms with Gasteiger partial charge in [0.2, 0.25) is 0 Å². The molecular weight excluding hydrogens is 224 g/mol. The molecule has 0 saturated carbocycles. The first-order valence-corrected chi connectivity index (χ1v) is 6.37. The van der Waals surface area contributed by atoms with Crippen LogP contribution in [0, 0.1) is 0 Å². The maximum Gasteiger partial charge on any atom is 0.341 e. The normalized spacial score (nSPS) is 11.9. The van der Waals surface area contributed by atoms with Gasteiger partial charge in [0.05, 0.1) is 7.11 Å². The van der Waals surface area contributed by atoms with Gasteiger partial charge in [-0.1, -0.05) is 0 Å². The topological polar surface area (TPSA) is 51.2 Å². The van der Waals surface area contributed by atoms with Gasteiger partial charge < -0.3 is 10.1 Å². The fourth-order valence-corrected chi connectivity index (χ4v) is 1.90. The third-order valence-electron chi connectivity index (χ3n) is 2.01. The van der Waals surface area contributed by atoms with E-state index in [1.165, 1.54) is 7.11 Å². The van der Waals surface area contributed by atoms with Gasteiger partial charge in [-0.2, -0.15) is 11.8 Å². The van der Waals surface area contributed by atoms with Gasteiger partial charge in [-0.3, -0.25) is 0 Å². The van der Waals surface area contributed by atoms with Crippen molar-refractivity contribution in [2.45, 2.75) is 13.0 Å². The first kappa shape index (κ1) is 12.8. The molecule has 1 atom stereocenters. The van der Waals surface area contributed by atoms with E-state index >= 15 is 0 Å². The molecule has 0 aliphatic rings. The molecule has 1 heterocycles. The minimum absolute atomic E-state index is 0.258. The van der Waals surface area contributed by atoms with Gasteiger partial charge in [0.25, 0.3) is 0 Å². The van der Waals surface area contributed by atoms with Gasteiger partial charge >= 0.3 is 5.97 Å². The van der Waals surface area contributed by atoms with Crippen LogP contribution in [0.3, 0.4) is 0 Å². The summed E-state index contributed by atoms with van der Waals surface area (Å²) in [6, 6.07) is 3.68. The number of nitrogens with one attached hydrogen (secondary N) is 1. The first-order valence-electron chi connectivity index (χ1n) is 4.97. The molecule has 88 valence electrons. The number of methoxy groups -OCH3 is 1. The molecule has 0 bridgehead atoms. The predicted octanol–water partition coefficient (Wildman–Crippen LogP) is 2.03. The van der Waals surface area contributed by atoms with Crippen molar-refractivity contribution >= 4 is 23.5 Å². The van der Waals surface area contributed by atoms with E-state index in [0.29, 0.717) is 11.4 Å². The Morgan fingerprint density at radius 2 is 2.44 bits per heavy atom. The molecular formula is C11H16N2O2S. The summed E-state index contributed by atoms with van der Waals surface area (Å²) in [4.78, 5) is 15.6. The lowest BCUT2D eigenvalue weighted by Gasteiger charge is -2.15. The number of carbonyl (C=O) groups is 1. The number of rotatable bonds is 5. The molecule has 1 rings (SSSR count). The van der Waals surface area contributed by atoms with Gasteiger partial charge in [0.1, 0.15) is 11.4 Å². The number of nitrogens with zero attached hydrogens (tertiary/aromatic N) is 1. The number of carbonyl (C=O) groups excluding carboxylic acids is 1. The Bertz CT molecular complexity index is 358. The highest BCUT2D eigenvalue weighted by Crippen LogP contribution is 2.14. The Morgan fingerprint density at radius 3 is 3.06 bits per heavy atom. The zero-order valence-corrected chi connectivity index (χ0v) is 10.5. The van der Waals surface area contributed by atoms with Gasteiger partial charge in [-0.25, -0.2) is 9.78 Å². The van der Waals surface area contributed by atoms with Crippen molar-refractivity contribution in [1.29, 1.82) is 0 Å². The number of aromatic nitrogens is 1. The molecule has 1 N–H and O–H groups in total. The molecule has 0 radical (unpaired) electrons. The van der Waals surface area contributed by atoms with Gasteiger partial charge in [-0.05, 0) is 25.3 Å². The fourth-order valence-electron chi connectivity index (χ4n) is 1.32. The average molecular weight is 240 g/mol. The van der Waals surface area contributed by atoms with Gasteiger partial charge in [-0.15, -0.1) is 0 Å². The van der Waals surface area contributed by atoms with Gasteiger partial charge in [0.15, 0.2) is 0 Å². The molecule has 16 heavy (non-hydrogen) atoms. The van der Waals surface area contributed by atoms with Crippen molar-refractivity contribution in [3.63, 3.8) is 0 Å². The molecule has 1 unspecified atom stereocenters. The molecule has 4 nitrogen and oxygen atoms in total. The monoisotopic (exact) mass is 240 g/mol. The summed E-state index contributed by atoms with van der Waals surface area (Å²) in [5.74, 6) is 1.17. The lowest BCUT2D eigenvalue weighted by Crippen LogP contribution is -2.20. The summed E-state index contributed by atoms with van der Waals surface area (Å²) < 4.78 is 4.69. The third kappa shape index (κ3) is 3.41. The summed E-state index contributed by atoms with van der Waals surface area (Å²) in [6.07, 6.45) is 3.69. The highest BCUT2D eigenvalue weighted by atomic mass is 32.2. The van der Waals surface area contributed by atoms with Crippen LogP contribution in [0.5, 0.6) is 0 Å². The van der Waals surface area contributed by atoms with Crippen LogP contribution in [0.25, 0.3) is 0 Å². The van der Waals surface area contributed by atoms with Crippen LogP contribution in [-0.2, 0) is 4.74 Å². The molecule has 0 aliphatic heterocycles. The van der Waals surface area contributed by atoms with E-state index in [0.717, 1.165) is 5.75 Å². The molecule has 1 aromatic rings. The maximum atomic E-state index is 11.5. The number of ether oxygens (including phenoxy) is 1. The number of hydrogen-bond acceptors (Lipinski definition) is 5. The van der Waals surface area contributed by atoms with E-state index in [-0.39, 0.29) is 12.0 Å². The van der Waals surface area contributed by atoms with Crippen molar-refractivity contribution in [3.05, 3.63) is 23.9 Å². The second-order valence-electron chi connectivity index (χ2n) is 3.39. The summed E-state index contributed by atoms with van der Waals surface area (Å²) in [5, 5.41) is 3.19. The molecule has 0 spiro atoms. The van der Waals surface area contributed by atoms with E-state index in [1.54, 1.807) is 30.1 Å². The zero-order valence-electron chi connectivity index (χ0n) is 9.69. The molecule has 0 aliphatic carbocycles. The Kier molecular flexibility index (Phi) is 5.11. The smallest absolute Gasteiger partial charge is 0.341 e. The zero-order chi connectivity index (χ0) is 12.0. The van der Waals surface area contributed by atoms with Crippen molar-refractivity contribution in [2.75, 3.05) is 24.4 Å². The second kappa shape index (κ2) is 6.37. The maximum absolute atomic E-state index is 11.5. The number of thioether (sulfide) groups is 1. The molecule has 0 saturated heterocycles. The Balaban J connectivity index is 2.82. The molecule has 5 heteroatoms. The lowest BCUT2D eigenvalue weighted by atomic mass is 10.2. The predicted molar refractivity (Wildman–Crippen MR) is 67.0 cm³/mol. The van der Waals surface area contributed by atoms with E-state index < -0.39 is 0 Å². The Hall–Kier alpha value is -1.23. The van der Waals surface area contributed by atoms with Crippen LogP contribution in [0.4, 0.5) is 5.82 Å². The van der Waals surface area contributed by atoms with Crippen molar-refractivity contribution in [3.8, 4) is 0 Å². The summed E-state index contributed by atoms with van der Waals surface area (Å²) in [5.41, 5.74) is 0.470. The molecule has 0 fully saturated rings. The quantitative estimate of drug-likeness (QED) is 0.798. The number of anilines is 1. The molecule has 0 aromatic carbocycles. The van der Waals surface area contributed by atoms with Crippen LogP contribution >= 0.6 is 11.8 Å². The lowest BCUT2D eigenvalue weighted by molar-refractivity contribution is 0.0601. The van der Waals surface area contributed by atoms with Crippen molar-refractivity contribution < 1.29 is 9.53 Å². The first-order chi connectivity index (χ1) is 7.69. The van der Waals surface area contributed by atoms with E-state index in [1.807, 2.05) is 13.2 Å². The van der Waals surface area contributed by atoms with Crippen LogP contribution in [0.15, 0.2) is 18.3 Å².